The zero-order valence-electron chi connectivity index (χ0n) is 16.8. The van der Waals surface area contributed by atoms with Crippen molar-refractivity contribution in [2.75, 3.05) is 18.4 Å². The average Bonchev–Trinajstić information content (AvgIpc) is 2.74. The summed E-state index contributed by atoms with van der Waals surface area (Å²) < 4.78 is 6.96. The van der Waals surface area contributed by atoms with E-state index in [1.54, 1.807) is 6.07 Å². The highest BCUT2D eigenvalue weighted by atomic mass is 79.9. The largest absolute Gasteiger partial charge is 0.489 e. The lowest BCUT2D eigenvalue weighted by Gasteiger charge is -2.14. The smallest absolute Gasteiger partial charge is 0.271 e. The number of rotatable bonds is 10. The van der Waals surface area contributed by atoms with Gasteiger partial charge in [-0.05, 0) is 30.3 Å². The Balaban J connectivity index is 0.00000363. The molecule has 0 heterocycles. The van der Waals surface area contributed by atoms with Crippen LogP contribution in [0.3, 0.4) is 0 Å². The minimum Gasteiger partial charge on any atom is -0.489 e. The van der Waals surface area contributed by atoms with E-state index >= 15 is 0 Å². The maximum atomic E-state index is 10.8. The molecule has 6 nitrogen and oxygen atoms in total. The second-order valence-corrected chi connectivity index (χ2v) is 8.39. The number of anilines is 1. The van der Waals surface area contributed by atoms with Crippen molar-refractivity contribution >= 4 is 62.9 Å². The van der Waals surface area contributed by atoms with Gasteiger partial charge in [0.25, 0.3) is 5.69 Å². The maximum Gasteiger partial charge on any atom is 0.271 e. The third-order valence-electron chi connectivity index (χ3n) is 4.46. The van der Waals surface area contributed by atoms with E-state index in [1.807, 2.05) is 42.5 Å². The summed E-state index contributed by atoms with van der Waals surface area (Å²) in [5, 5.41) is 18.3. The first kappa shape index (κ1) is 26.2. The van der Waals surface area contributed by atoms with Crippen LogP contribution in [0.15, 0.2) is 65.1 Å². The molecule has 3 rings (SSSR count). The van der Waals surface area contributed by atoms with Gasteiger partial charge in [-0.25, -0.2) is 0 Å². The van der Waals surface area contributed by atoms with Crippen molar-refractivity contribution in [3.63, 3.8) is 0 Å². The number of hydrogen-bond acceptors (Lipinski definition) is 5. The van der Waals surface area contributed by atoms with Gasteiger partial charge in [0, 0.05) is 52.4 Å². The summed E-state index contributed by atoms with van der Waals surface area (Å²) in [7, 11) is 0. The number of nitrogens with zero attached hydrogens (tertiary/aromatic N) is 1. The van der Waals surface area contributed by atoms with Gasteiger partial charge in [0.15, 0.2) is 0 Å². The molecule has 2 N–H and O–H groups in total. The Morgan fingerprint density at radius 3 is 2.47 bits per heavy atom. The van der Waals surface area contributed by atoms with Crippen LogP contribution in [0.5, 0.6) is 5.75 Å². The van der Waals surface area contributed by atoms with E-state index in [2.05, 4.69) is 26.6 Å². The molecule has 0 spiro atoms. The van der Waals surface area contributed by atoms with E-state index in [-0.39, 0.29) is 18.1 Å². The van der Waals surface area contributed by atoms with Crippen molar-refractivity contribution in [2.45, 2.75) is 13.2 Å². The number of halogens is 4. The van der Waals surface area contributed by atoms with Crippen LogP contribution in [0.2, 0.25) is 10.0 Å². The average molecular weight is 562 g/mol. The molecular formula is C22H21BrCl3N3O3. The van der Waals surface area contributed by atoms with Crippen LogP contribution >= 0.6 is 51.5 Å². The Kier molecular flexibility index (Phi) is 10.5. The third-order valence-corrected chi connectivity index (χ3v) is 5.63. The predicted octanol–water partition coefficient (Wildman–Crippen LogP) is 6.87. The fourth-order valence-electron chi connectivity index (χ4n) is 2.87. The van der Waals surface area contributed by atoms with Gasteiger partial charge in [-0.2, -0.15) is 0 Å². The lowest BCUT2D eigenvalue weighted by atomic mass is 10.2. The Hall–Kier alpha value is -2.03. The van der Waals surface area contributed by atoms with Crippen LogP contribution < -0.4 is 15.4 Å². The molecule has 10 heteroatoms. The molecule has 0 bridgehead atoms. The molecule has 32 heavy (non-hydrogen) atoms. The highest BCUT2D eigenvalue weighted by molar-refractivity contribution is 9.10. The summed E-state index contributed by atoms with van der Waals surface area (Å²) in [5.41, 5.74) is 2.55. The summed E-state index contributed by atoms with van der Waals surface area (Å²) in [4.78, 5) is 10.3. The second kappa shape index (κ2) is 12.9. The number of nitro groups is 1. The second-order valence-electron chi connectivity index (χ2n) is 6.66. The molecule has 0 atom stereocenters. The van der Waals surface area contributed by atoms with Crippen molar-refractivity contribution in [2.24, 2.45) is 0 Å². The quantitative estimate of drug-likeness (QED) is 0.161. The van der Waals surface area contributed by atoms with Crippen molar-refractivity contribution in [1.29, 1.82) is 0 Å². The summed E-state index contributed by atoms with van der Waals surface area (Å²) in [6.45, 7) is 2.24. The molecule has 0 unspecified atom stereocenters. The van der Waals surface area contributed by atoms with Gasteiger partial charge in [0.1, 0.15) is 12.4 Å². The van der Waals surface area contributed by atoms with Crippen molar-refractivity contribution in [1.82, 2.24) is 5.32 Å². The molecular weight excluding hydrogens is 541 g/mol. The van der Waals surface area contributed by atoms with Gasteiger partial charge >= 0.3 is 0 Å². The van der Waals surface area contributed by atoms with Crippen LogP contribution in [-0.4, -0.2) is 18.0 Å². The van der Waals surface area contributed by atoms with Gasteiger partial charge in [0.05, 0.1) is 15.6 Å². The molecule has 0 aliphatic rings. The molecule has 3 aromatic carbocycles. The number of nitro benzene ring substituents is 1. The molecule has 0 amide bonds. The minimum absolute atomic E-state index is 0. The molecule has 0 aliphatic heterocycles. The molecule has 3 aromatic rings. The van der Waals surface area contributed by atoms with Gasteiger partial charge in [-0.1, -0.05) is 57.3 Å². The van der Waals surface area contributed by atoms with E-state index in [1.165, 1.54) is 12.1 Å². The number of ether oxygens (including phenoxy) is 1. The van der Waals surface area contributed by atoms with Crippen LogP contribution in [0.4, 0.5) is 11.4 Å². The first-order valence-corrected chi connectivity index (χ1v) is 11.0. The van der Waals surface area contributed by atoms with Crippen molar-refractivity contribution in [3.05, 3.63) is 96.4 Å². The Bertz CT molecular complexity index is 1070. The first-order valence-electron chi connectivity index (χ1n) is 9.47. The van der Waals surface area contributed by atoms with Gasteiger partial charge in [-0.15, -0.1) is 12.4 Å². The van der Waals surface area contributed by atoms with E-state index in [4.69, 9.17) is 27.9 Å². The summed E-state index contributed by atoms with van der Waals surface area (Å²) >= 11 is 15.8. The zero-order chi connectivity index (χ0) is 22.2. The fraction of sp³-hybridized carbons (Fsp3) is 0.182. The van der Waals surface area contributed by atoms with Crippen LogP contribution in [0.1, 0.15) is 11.1 Å². The number of nitrogens with one attached hydrogen (secondary N) is 2. The van der Waals surface area contributed by atoms with E-state index in [9.17, 15) is 10.1 Å². The minimum atomic E-state index is -0.472. The summed E-state index contributed by atoms with van der Waals surface area (Å²) in [6.07, 6.45) is 0. The highest BCUT2D eigenvalue weighted by Gasteiger charge is 2.09. The van der Waals surface area contributed by atoms with Gasteiger partial charge < -0.3 is 15.4 Å². The lowest BCUT2D eigenvalue weighted by Crippen LogP contribution is -2.22. The SMILES string of the molecule is Cl.O=[N+]([O-])c1ccc(NCCNCc2cc(Br)ccc2OCc2ccccc2Cl)c(Cl)c1. The molecule has 0 aliphatic carbocycles. The summed E-state index contributed by atoms with van der Waals surface area (Å²) in [6, 6.07) is 17.8. The molecule has 170 valence electrons. The van der Waals surface area contributed by atoms with Crippen molar-refractivity contribution < 1.29 is 9.66 Å². The monoisotopic (exact) mass is 559 g/mol. The zero-order valence-corrected chi connectivity index (χ0v) is 20.7. The number of non-ortho nitro benzene ring substituents is 1. The Morgan fingerprint density at radius 1 is 0.969 bits per heavy atom. The maximum absolute atomic E-state index is 10.8. The Morgan fingerprint density at radius 2 is 1.75 bits per heavy atom. The topological polar surface area (TPSA) is 76.4 Å². The Labute approximate surface area is 210 Å². The van der Waals surface area contributed by atoms with Crippen molar-refractivity contribution in [3.8, 4) is 5.75 Å². The van der Waals surface area contributed by atoms with E-state index in [0.29, 0.717) is 42.0 Å². The van der Waals surface area contributed by atoms with E-state index < -0.39 is 4.92 Å². The van der Waals surface area contributed by atoms with Crippen LogP contribution in [-0.2, 0) is 13.2 Å². The number of benzene rings is 3. The van der Waals surface area contributed by atoms with Crippen LogP contribution in [0.25, 0.3) is 0 Å². The van der Waals surface area contributed by atoms with Gasteiger partial charge in [-0.3, -0.25) is 10.1 Å². The predicted molar refractivity (Wildman–Crippen MR) is 135 cm³/mol. The number of hydrogen-bond donors (Lipinski definition) is 2. The third kappa shape index (κ3) is 7.53. The first-order chi connectivity index (χ1) is 14.9. The fourth-order valence-corrected chi connectivity index (χ4v) is 3.71. The molecule has 0 radical (unpaired) electrons. The van der Waals surface area contributed by atoms with Gasteiger partial charge in [0.2, 0.25) is 0 Å². The van der Waals surface area contributed by atoms with E-state index in [0.717, 1.165) is 21.3 Å². The summed E-state index contributed by atoms with van der Waals surface area (Å²) in [5.74, 6) is 0.780. The standard InChI is InChI=1S/C22H20BrCl2N3O3.ClH/c23-17-5-8-22(31-14-15-3-1-2-4-19(15)24)16(11-17)13-26-9-10-27-21-7-6-18(28(29)30)12-20(21)25;/h1-8,11-12,26-27H,9-10,13-14H2;1H. The lowest BCUT2D eigenvalue weighted by molar-refractivity contribution is -0.384. The molecule has 0 aromatic heterocycles. The normalized spacial score (nSPS) is 10.3. The highest BCUT2D eigenvalue weighted by Crippen LogP contribution is 2.27. The molecule has 0 fully saturated rings. The van der Waals surface area contributed by atoms with Crippen LogP contribution in [0, 0.1) is 10.1 Å². The molecule has 0 saturated heterocycles. The molecule has 0 saturated carbocycles.